The number of hydrogen-bond acceptors (Lipinski definition) is 6. The molecule has 0 saturated heterocycles. The first-order valence-corrected chi connectivity index (χ1v) is 13.4. The SMILES string of the molecule is COc1cc([C@@H]2C3=C(CC(C)(C)CC3=O)N=C3CC(C)(C)CC(=O)C32)ccc1OCc1ccc(C(=O)O)cc1. The molecule has 5 rings (SSSR count). The molecule has 2 aromatic rings. The van der Waals surface area contributed by atoms with Crippen molar-refractivity contribution in [2.75, 3.05) is 7.11 Å². The van der Waals surface area contributed by atoms with Gasteiger partial charge in [-0.3, -0.25) is 14.6 Å². The number of carbonyl (C=O) groups excluding carboxylic acids is 2. The van der Waals surface area contributed by atoms with E-state index in [1.54, 1.807) is 31.4 Å². The number of carboxylic acid groups (broad SMARTS) is 1. The molecule has 2 atom stereocenters. The maximum atomic E-state index is 13.6. The maximum Gasteiger partial charge on any atom is 0.335 e. The predicted molar refractivity (Wildman–Crippen MR) is 147 cm³/mol. The van der Waals surface area contributed by atoms with Crippen molar-refractivity contribution in [2.24, 2.45) is 21.7 Å². The summed E-state index contributed by atoms with van der Waals surface area (Å²) in [5.41, 5.74) is 3.91. The number of carbonyl (C=O) groups is 3. The van der Waals surface area contributed by atoms with E-state index >= 15 is 0 Å². The highest BCUT2D eigenvalue weighted by Gasteiger charge is 2.49. The van der Waals surface area contributed by atoms with Crippen molar-refractivity contribution in [3.63, 3.8) is 0 Å². The van der Waals surface area contributed by atoms with Gasteiger partial charge in [-0.1, -0.05) is 45.9 Å². The number of fused-ring (bicyclic) bond motifs is 1. The zero-order chi connectivity index (χ0) is 28.1. The minimum absolute atomic E-state index is 0.0655. The van der Waals surface area contributed by atoms with Gasteiger partial charge in [0, 0.05) is 35.7 Å². The molecule has 2 aromatic carbocycles. The molecule has 1 N–H and O–H groups in total. The van der Waals surface area contributed by atoms with Crippen LogP contribution in [0.5, 0.6) is 11.5 Å². The van der Waals surface area contributed by atoms with E-state index in [0.29, 0.717) is 36.3 Å². The van der Waals surface area contributed by atoms with E-state index in [9.17, 15) is 14.4 Å². The lowest BCUT2D eigenvalue weighted by Gasteiger charge is -2.44. The second-order valence-electron chi connectivity index (χ2n) is 12.5. The number of rotatable bonds is 6. The van der Waals surface area contributed by atoms with Gasteiger partial charge in [0.1, 0.15) is 12.4 Å². The van der Waals surface area contributed by atoms with Crippen LogP contribution in [0.25, 0.3) is 0 Å². The van der Waals surface area contributed by atoms with Crippen LogP contribution in [-0.2, 0) is 16.2 Å². The van der Waals surface area contributed by atoms with Crippen molar-refractivity contribution in [1.29, 1.82) is 0 Å². The Morgan fingerprint density at radius 2 is 1.62 bits per heavy atom. The first kappa shape index (κ1) is 26.9. The van der Waals surface area contributed by atoms with E-state index in [1.807, 2.05) is 18.2 Å². The summed E-state index contributed by atoms with van der Waals surface area (Å²) in [7, 11) is 1.56. The third-order valence-electron chi connectivity index (χ3n) is 7.98. The number of aliphatic imine (C=N–C) groups is 1. The fourth-order valence-corrected chi connectivity index (χ4v) is 6.27. The summed E-state index contributed by atoms with van der Waals surface area (Å²) >= 11 is 0. The van der Waals surface area contributed by atoms with Crippen molar-refractivity contribution in [2.45, 2.75) is 65.9 Å². The Hall–Kier alpha value is -3.74. The van der Waals surface area contributed by atoms with E-state index in [4.69, 9.17) is 19.6 Å². The minimum Gasteiger partial charge on any atom is -0.493 e. The Kier molecular flexibility index (Phi) is 6.73. The highest BCUT2D eigenvalue weighted by Crippen LogP contribution is 2.52. The molecule has 3 aliphatic rings. The Labute approximate surface area is 228 Å². The molecule has 0 radical (unpaired) electrons. The topological polar surface area (TPSA) is 102 Å². The number of Topliss-reactive ketones (excluding diaryl/α,β-unsaturated/α-hetero) is 2. The number of benzene rings is 2. The molecule has 1 saturated carbocycles. The molecule has 1 fully saturated rings. The highest BCUT2D eigenvalue weighted by atomic mass is 16.5. The summed E-state index contributed by atoms with van der Waals surface area (Å²) in [6.45, 7) is 8.62. The number of aromatic carboxylic acids is 1. The third kappa shape index (κ3) is 5.27. The summed E-state index contributed by atoms with van der Waals surface area (Å²) < 4.78 is 11.7. The molecule has 7 heteroatoms. The maximum absolute atomic E-state index is 13.6. The number of carboxylic acids is 1. The van der Waals surface area contributed by atoms with E-state index in [-0.39, 0.29) is 34.6 Å². The largest absolute Gasteiger partial charge is 0.493 e. The lowest BCUT2D eigenvalue weighted by atomic mass is 9.60. The van der Waals surface area contributed by atoms with Gasteiger partial charge in [0.2, 0.25) is 0 Å². The Bertz CT molecular complexity index is 1410. The molecular weight excluding hydrogens is 494 g/mol. The average Bonchev–Trinajstić information content (AvgIpc) is 2.84. The van der Waals surface area contributed by atoms with Gasteiger partial charge in [-0.25, -0.2) is 4.79 Å². The van der Waals surface area contributed by atoms with Crippen LogP contribution >= 0.6 is 0 Å². The number of nitrogens with zero attached hydrogens (tertiary/aromatic N) is 1. The summed E-state index contributed by atoms with van der Waals surface area (Å²) in [5, 5.41) is 9.11. The highest BCUT2D eigenvalue weighted by molar-refractivity contribution is 6.13. The minimum atomic E-state index is -0.978. The van der Waals surface area contributed by atoms with Crippen molar-refractivity contribution in [3.05, 3.63) is 70.4 Å². The van der Waals surface area contributed by atoms with Gasteiger partial charge in [-0.2, -0.15) is 0 Å². The molecule has 7 nitrogen and oxygen atoms in total. The van der Waals surface area contributed by atoms with Crippen LogP contribution < -0.4 is 9.47 Å². The molecule has 0 bridgehead atoms. The fourth-order valence-electron chi connectivity index (χ4n) is 6.27. The van der Waals surface area contributed by atoms with Gasteiger partial charge >= 0.3 is 5.97 Å². The third-order valence-corrected chi connectivity index (χ3v) is 7.98. The molecule has 1 unspecified atom stereocenters. The number of ketones is 2. The van der Waals surface area contributed by atoms with Crippen molar-refractivity contribution in [1.82, 2.24) is 0 Å². The van der Waals surface area contributed by atoms with Crippen LogP contribution in [0, 0.1) is 16.7 Å². The van der Waals surface area contributed by atoms with Crippen LogP contribution in [0.4, 0.5) is 0 Å². The zero-order valence-electron chi connectivity index (χ0n) is 23.2. The second-order valence-corrected chi connectivity index (χ2v) is 12.5. The first-order valence-electron chi connectivity index (χ1n) is 13.4. The molecule has 1 aliphatic heterocycles. The molecule has 1 heterocycles. The molecule has 0 amide bonds. The molecular formula is C32H35NO6. The van der Waals surface area contributed by atoms with Gasteiger partial charge in [0.25, 0.3) is 0 Å². The first-order chi connectivity index (χ1) is 18.4. The van der Waals surface area contributed by atoms with E-state index < -0.39 is 17.8 Å². The monoisotopic (exact) mass is 529 g/mol. The average molecular weight is 530 g/mol. The number of allylic oxidation sites excluding steroid dienone is 2. The van der Waals surface area contributed by atoms with Gasteiger partial charge < -0.3 is 14.6 Å². The fraction of sp³-hybridized carbons (Fsp3) is 0.438. The van der Waals surface area contributed by atoms with Crippen LogP contribution in [-0.4, -0.2) is 35.5 Å². The van der Waals surface area contributed by atoms with Crippen LogP contribution in [0.15, 0.2) is 58.7 Å². The summed E-state index contributed by atoms with van der Waals surface area (Å²) in [6.07, 6.45) is 2.31. The predicted octanol–water partition coefficient (Wildman–Crippen LogP) is 6.16. The standard InChI is InChI=1S/C32H35NO6/c1-31(2)13-21-28(23(34)15-31)27(29-22(33-21)14-32(3,4)16-24(29)35)20-10-11-25(26(12-20)38-5)39-17-18-6-8-19(9-7-18)30(36)37/h6-12,27-28H,13-17H2,1-5H3,(H,36,37)/t27-,28?/m0/s1. The Morgan fingerprint density at radius 1 is 0.923 bits per heavy atom. The lowest BCUT2D eigenvalue weighted by molar-refractivity contribution is -0.124. The van der Waals surface area contributed by atoms with Crippen LogP contribution in [0.3, 0.4) is 0 Å². The number of ether oxygens (including phenoxy) is 2. The van der Waals surface area contributed by atoms with Crippen LogP contribution in [0.2, 0.25) is 0 Å². The number of hydrogen-bond donors (Lipinski definition) is 1. The zero-order valence-corrected chi connectivity index (χ0v) is 23.2. The summed E-state index contributed by atoms with van der Waals surface area (Å²) in [6, 6.07) is 12.1. The molecule has 39 heavy (non-hydrogen) atoms. The van der Waals surface area contributed by atoms with Gasteiger partial charge in [0.05, 0.1) is 18.6 Å². The van der Waals surface area contributed by atoms with Gasteiger partial charge in [-0.15, -0.1) is 0 Å². The molecule has 2 aliphatic carbocycles. The van der Waals surface area contributed by atoms with E-state index in [2.05, 4.69) is 27.7 Å². The van der Waals surface area contributed by atoms with Crippen molar-refractivity contribution < 1.29 is 29.0 Å². The lowest BCUT2D eigenvalue weighted by Crippen LogP contribution is -2.45. The second kappa shape index (κ2) is 9.78. The molecule has 0 aromatic heterocycles. The van der Waals surface area contributed by atoms with Gasteiger partial charge in [0.15, 0.2) is 17.3 Å². The Balaban J connectivity index is 1.50. The van der Waals surface area contributed by atoms with Gasteiger partial charge in [-0.05, 0) is 59.1 Å². The summed E-state index contributed by atoms with van der Waals surface area (Å²) in [5.74, 6) is -0.604. The van der Waals surface area contributed by atoms with Crippen LogP contribution in [0.1, 0.15) is 80.8 Å². The quantitative estimate of drug-likeness (QED) is 0.481. The summed E-state index contributed by atoms with van der Waals surface area (Å²) in [4.78, 5) is 43.2. The van der Waals surface area contributed by atoms with Crippen molar-refractivity contribution >= 4 is 23.2 Å². The molecule has 0 spiro atoms. The Morgan fingerprint density at radius 3 is 2.28 bits per heavy atom. The van der Waals surface area contributed by atoms with Crippen molar-refractivity contribution in [3.8, 4) is 11.5 Å². The smallest absolute Gasteiger partial charge is 0.335 e. The number of methoxy groups -OCH3 is 1. The van der Waals surface area contributed by atoms with E-state index in [1.165, 1.54) is 0 Å². The van der Waals surface area contributed by atoms with E-state index in [0.717, 1.165) is 29.0 Å². The normalized spacial score (nSPS) is 23.5. The molecule has 204 valence electrons.